The van der Waals surface area contributed by atoms with E-state index in [-0.39, 0.29) is 0 Å². The lowest BCUT2D eigenvalue weighted by Gasteiger charge is -2.11. The van der Waals surface area contributed by atoms with Crippen molar-refractivity contribution in [2.45, 2.75) is 51.9 Å². The van der Waals surface area contributed by atoms with Crippen LogP contribution in [0.25, 0.3) is 0 Å². The summed E-state index contributed by atoms with van der Waals surface area (Å²) in [6.45, 7) is 5.24. The average Bonchev–Trinajstić information content (AvgIpc) is 3.00. The van der Waals surface area contributed by atoms with Crippen LogP contribution in [0.4, 0.5) is 0 Å². The molecule has 1 heterocycles. The number of ether oxygens (including phenoxy) is 1. The summed E-state index contributed by atoms with van der Waals surface area (Å²) in [7, 11) is 0. The summed E-state index contributed by atoms with van der Waals surface area (Å²) in [5, 5.41) is 10.6. The Labute approximate surface area is 126 Å². The van der Waals surface area contributed by atoms with E-state index in [4.69, 9.17) is 4.74 Å². The lowest BCUT2D eigenvalue weighted by molar-refractivity contribution is 0.305. The van der Waals surface area contributed by atoms with Gasteiger partial charge in [0.15, 0.2) is 0 Å². The molecule has 1 atom stereocenters. The Kier molecular flexibility index (Phi) is 6.25. The monoisotopic (exact) mass is 287 g/mol. The molecule has 0 saturated heterocycles. The van der Waals surface area contributed by atoms with E-state index >= 15 is 0 Å². The first-order valence-corrected chi connectivity index (χ1v) is 7.87. The van der Waals surface area contributed by atoms with Gasteiger partial charge in [0, 0.05) is 0 Å². The van der Waals surface area contributed by atoms with Gasteiger partial charge in [0.25, 0.3) is 0 Å². The van der Waals surface area contributed by atoms with E-state index in [0.29, 0.717) is 5.92 Å². The second-order valence-corrected chi connectivity index (χ2v) is 5.54. The number of H-pyrrole nitrogens is 1. The molecule has 0 aliphatic rings. The summed E-state index contributed by atoms with van der Waals surface area (Å²) in [5.74, 6) is 1.39. The second-order valence-electron chi connectivity index (χ2n) is 5.54. The normalized spacial score (nSPS) is 12.3. The van der Waals surface area contributed by atoms with Crippen molar-refractivity contribution in [3.05, 3.63) is 41.7 Å². The first-order valence-electron chi connectivity index (χ1n) is 7.87. The summed E-state index contributed by atoms with van der Waals surface area (Å²) in [6, 6.07) is 8.42. The van der Waals surface area contributed by atoms with E-state index in [2.05, 4.69) is 53.5 Å². The van der Waals surface area contributed by atoms with Crippen LogP contribution in [0.2, 0.25) is 0 Å². The van der Waals surface area contributed by atoms with Crippen LogP contribution in [-0.2, 0) is 6.42 Å². The number of hydrogen-bond acceptors (Lipinski definition) is 3. The maximum atomic E-state index is 5.77. The van der Waals surface area contributed by atoms with Crippen molar-refractivity contribution >= 4 is 0 Å². The molecule has 0 fully saturated rings. The Bertz CT molecular complexity index is 493. The number of unbranched alkanes of at least 4 members (excludes halogenated alkanes) is 3. The fraction of sp³-hybridized carbons (Fsp3) is 0.529. The number of benzene rings is 1. The highest BCUT2D eigenvalue weighted by Crippen LogP contribution is 2.22. The number of hydrogen-bond donors (Lipinski definition) is 1. The van der Waals surface area contributed by atoms with Gasteiger partial charge >= 0.3 is 0 Å². The first-order chi connectivity index (χ1) is 10.3. The smallest absolute Gasteiger partial charge is 0.119 e. The summed E-state index contributed by atoms with van der Waals surface area (Å²) in [4.78, 5) is 0. The Balaban J connectivity index is 1.78. The van der Waals surface area contributed by atoms with E-state index in [9.17, 15) is 0 Å². The molecule has 4 heteroatoms. The Morgan fingerprint density at radius 2 is 1.95 bits per heavy atom. The SMILES string of the molecule is CCCCCCOc1ccc(C(C)Cc2cn[nH]n2)cc1. The highest BCUT2D eigenvalue weighted by Gasteiger charge is 2.08. The van der Waals surface area contributed by atoms with Crippen LogP contribution in [-0.4, -0.2) is 22.0 Å². The molecule has 1 unspecified atom stereocenters. The molecule has 0 aliphatic heterocycles. The van der Waals surface area contributed by atoms with Crippen LogP contribution >= 0.6 is 0 Å². The second kappa shape index (κ2) is 8.45. The summed E-state index contributed by atoms with van der Waals surface area (Å²) in [6.07, 6.45) is 7.62. The van der Waals surface area contributed by atoms with E-state index in [1.54, 1.807) is 6.20 Å². The van der Waals surface area contributed by atoms with Crippen molar-refractivity contribution in [1.29, 1.82) is 0 Å². The molecule has 114 valence electrons. The Hall–Kier alpha value is -1.84. The van der Waals surface area contributed by atoms with Gasteiger partial charge in [-0.2, -0.15) is 15.4 Å². The van der Waals surface area contributed by atoms with Gasteiger partial charge in [-0.05, 0) is 36.5 Å². The van der Waals surface area contributed by atoms with Gasteiger partial charge in [-0.1, -0.05) is 45.2 Å². The molecule has 4 nitrogen and oxygen atoms in total. The third kappa shape index (κ3) is 5.21. The maximum Gasteiger partial charge on any atom is 0.119 e. The first kappa shape index (κ1) is 15.5. The van der Waals surface area contributed by atoms with Gasteiger partial charge < -0.3 is 4.74 Å². The predicted molar refractivity (Wildman–Crippen MR) is 84.6 cm³/mol. The Morgan fingerprint density at radius 1 is 1.14 bits per heavy atom. The van der Waals surface area contributed by atoms with Crippen molar-refractivity contribution in [1.82, 2.24) is 15.4 Å². The zero-order valence-electron chi connectivity index (χ0n) is 13.0. The minimum absolute atomic E-state index is 0.425. The average molecular weight is 287 g/mol. The van der Waals surface area contributed by atoms with Crippen LogP contribution in [0, 0.1) is 0 Å². The maximum absolute atomic E-state index is 5.77. The molecule has 0 bridgehead atoms. The highest BCUT2D eigenvalue weighted by atomic mass is 16.5. The predicted octanol–water partition coefficient (Wildman–Crippen LogP) is 4.11. The fourth-order valence-corrected chi connectivity index (χ4v) is 2.37. The number of rotatable bonds is 9. The minimum atomic E-state index is 0.425. The summed E-state index contributed by atoms with van der Waals surface area (Å²) < 4.78 is 5.77. The van der Waals surface area contributed by atoms with Gasteiger partial charge in [0.05, 0.1) is 18.5 Å². The van der Waals surface area contributed by atoms with Gasteiger partial charge in [-0.3, -0.25) is 0 Å². The highest BCUT2D eigenvalue weighted by molar-refractivity contribution is 5.29. The summed E-state index contributed by atoms with van der Waals surface area (Å²) >= 11 is 0. The Morgan fingerprint density at radius 3 is 2.62 bits per heavy atom. The lowest BCUT2D eigenvalue weighted by atomic mass is 9.96. The molecule has 1 aromatic carbocycles. The molecule has 0 radical (unpaired) electrons. The van der Waals surface area contributed by atoms with Gasteiger partial charge in [-0.15, -0.1) is 0 Å². The third-order valence-corrected chi connectivity index (χ3v) is 3.70. The molecular formula is C17H25N3O. The topological polar surface area (TPSA) is 50.8 Å². The standard InChI is InChI=1S/C17H25N3O/c1-3-4-5-6-11-21-17-9-7-15(8-10-17)14(2)12-16-13-18-20-19-16/h7-10,13-14H,3-6,11-12H2,1-2H3,(H,18,19,20). The van der Waals surface area contributed by atoms with Crippen LogP contribution < -0.4 is 4.74 Å². The molecule has 0 saturated carbocycles. The largest absolute Gasteiger partial charge is 0.494 e. The summed E-state index contributed by atoms with van der Waals surface area (Å²) in [5.41, 5.74) is 2.30. The van der Waals surface area contributed by atoms with Crippen molar-refractivity contribution in [2.24, 2.45) is 0 Å². The molecule has 1 N–H and O–H groups in total. The van der Waals surface area contributed by atoms with E-state index in [1.165, 1.54) is 24.8 Å². The molecule has 2 rings (SSSR count). The van der Waals surface area contributed by atoms with Crippen molar-refractivity contribution in [2.75, 3.05) is 6.61 Å². The minimum Gasteiger partial charge on any atom is -0.494 e. The quantitative estimate of drug-likeness (QED) is 0.706. The molecule has 0 amide bonds. The zero-order valence-corrected chi connectivity index (χ0v) is 13.0. The van der Waals surface area contributed by atoms with Crippen LogP contribution in [0.1, 0.15) is 56.7 Å². The van der Waals surface area contributed by atoms with Crippen LogP contribution in [0.15, 0.2) is 30.5 Å². The fourth-order valence-electron chi connectivity index (χ4n) is 2.37. The van der Waals surface area contributed by atoms with Gasteiger partial charge in [0.1, 0.15) is 5.75 Å². The van der Waals surface area contributed by atoms with E-state index < -0.39 is 0 Å². The number of nitrogens with one attached hydrogen (secondary N) is 1. The van der Waals surface area contributed by atoms with E-state index in [1.807, 2.05) is 0 Å². The number of nitrogens with zero attached hydrogens (tertiary/aromatic N) is 2. The van der Waals surface area contributed by atoms with Crippen molar-refractivity contribution in [3.8, 4) is 5.75 Å². The van der Waals surface area contributed by atoms with Gasteiger partial charge in [-0.25, -0.2) is 0 Å². The van der Waals surface area contributed by atoms with Crippen LogP contribution in [0.5, 0.6) is 5.75 Å². The lowest BCUT2D eigenvalue weighted by Crippen LogP contribution is -2.00. The van der Waals surface area contributed by atoms with Crippen molar-refractivity contribution < 1.29 is 4.74 Å². The molecule has 21 heavy (non-hydrogen) atoms. The molecule has 1 aromatic heterocycles. The molecule has 0 aliphatic carbocycles. The van der Waals surface area contributed by atoms with Crippen molar-refractivity contribution in [3.63, 3.8) is 0 Å². The zero-order chi connectivity index (χ0) is 14.9. The van der Waals surface area contributed by atoms with Crippen LogP contribution in [0.3, 0.4) is 0 Å². The third-order valence-electron chi connectivity index (χ3n) is 3.70. The number of aromatic nitrogens is 3. The molecule has 2 aromatic rings. The molecule has 0 spiro atoms. The van der Waals surface area contributed by atoms with E-state index in [0.717, 1.165) is 30.9 Å². The van der Waals surface area contributed by atoms with Gasteiger partial charge in [0.2, 0.25) is 0 Å². The number of aromatic amines is 1. The molecular weight excluding hydrogens is 262 g/mol.